The first-order chi connectivity index (χ1) is 15.6. The van der Waals surface area contributed by atoms with Gasteiger partial charge in [0.25, 0.3) is 0 Å². The molecule has 1 aliphatic heterocycles. The van der Waals surface area contributed by atoms with E-state index in [2.05, 4.69) is 27.5 Å². The number of thioether (sulfide) groups is 1. The summed E-state index contributed by atoms with van der Waals surface area (Å²) < 4.78 is 13.9. The topological polar surface area (TPSA) is 71.1 Å². The molecule has 7 heteroatoms. The third-order valence-electron chi connectivity index (χ3n) is 4.88. The Kier molecular flexibility index (Phi) is 6.83. The summed E-state index contributed by atoms with van der Waals surface area (Å²) in [5, 5.41) is 5.16. The largest absolute Gasteiger partial charge is 0.343 e. The molecular weight excluding hydrogens is 425 g/mol. The highest BCUT2D eigenvalue weighted by atomic mass is 32.2. The average Bonchev–Trinajstić information content (AvgIpc) is 2.81. The molecule has 2 amide bonds. The number of hydrogen-bond donors (Lipinski definition) is 2. The van der Waals surface area contributed by atoms with Gasteiger partial charge in [0.05, 0.1) is 5.25 Å². The number of amides is 2. The molecule has 0 bridgehead atoms. The van der Waals surface area contributed by atoms with E-state index in [1.165, 1.54) is 17.8 Å². The normalized spacial score (nSPS) is 17.6. The average molecular weight is 446 g/mol. The quantitative estimate of drug-likeness (QED) is 0.604. The van der Waals surface area contributed by atoms with Crippen LogP contribution in [0.3, 0.4) is 0 Å². The van der Waals surface area contributed by atoms with Gasteiger partial charge in [0, 0.05) is 23.2 Å². The monoisotopic (exact) mass is 445 g/mol. The second-order valence-electron chi connectivity index (χ2n) is 7.21. The van der Waals surface area contributed by atoms with E-state index in [4.69, 9.17) is 0 Å². The lowest BCUT2D eigenvalue weighted by molar-refractivity contribution is -0.126. The van der Waals surface area contributed by atoms with E-state index in [0.717, 1.165) is 5.56 Å². The minimum absolute atomic E-state index is 0.264. The SMILES string of the molecule is O=C(Nc1cccc(C#Cc2ccccn2)c1)[C@H]1CS[C@H](Cc2ccccc2F)C(=O)N1. The third-order valence-corrected chi connectivity index (χ3v) is 6.19. The fourth-order valence-electron chi connectivity index (χ4n) is 3.23. The van der Waals surface area contributed by atoms with Crippen LogP contribution in [0.4, 0.5) is 10.1 Å². The number of halogens is 1. The number of pyridine rings is 1. The highest BCUT2D eigenvalue weighted by Gasteiger charge is 2.32. The van der Waals surface area contributed by atoms with E-state index >= 15 is 0 Å². The maximum atomic E-state index is 13.9. The van der Waals surface area contributed by atoms with Gasteiger partial charge in [-0.15, -0.1) is 11.8 Å². The van der Waals surface area contributed by atoms with Gasteiger partial charge in [0.1, 0.15) is 17.6 Å². The van der Waals surface area contributed by atoms with E-state index < -0.39 is 11.3 Å². The lowest BCUT2D eigenvalue weighted by Crippen LogP contribution is -2.52. The van der Waals surface area contributed by atoms with Crippen molar-refractivity contribution in [3.05, 3.63) is 95.6 Å². The predicted molar refractivity (Wildman–Crippen MR) is 124 cm³/mol. The number of benzene rings is 2. The number of nitrogens with zero attached hydrogens (tertiary/aromatic N) is 1. The molecule has 1 fully saturated rings. The van der Waals surface area contributed by atoms with Gasteiger partial charge in [-0.3, -0.25) is 9.59 Å². The number of anilines is 1. The molecule has 4 rings (SSSR count). The van der Waals surface area contributed by atoms with E-state index in [0.29, 0.717) is 22.7 Å². The number of hydrogen-bond acceptors (Lipinski definition) is 4. The zero-order valence-corrected chi connectivity index (χ0v) is 17.9. The summed E-state index contributed by atoms with van der Waals surface area (Å²) in [6.07, 6.45) is 1.96. The van der Waals surface area contributed by atoms with Crippen molar-refractivity contribution in [3.63, 3.8) is 0 Å². The number of nitrogens with one attached hydrogen (secondary N) is 2. The number of carbonyl (C=O) groups excluding carboxylic acids is 2. The molecule has 0 unspecified atom stereocenters. The lowest BCUT2D eigenvalue weighted by atomic mass is 10.1. The van der Waals surface area contributed by atoms with Crippen molar-refractivity contribution in [1.82, 2.24) is 10.3 Å². The minimum Gasteiger partial charge on any atom is -0.343 e. The lowest BCUT2D eigenvalue weighted by Gasteiger charge is -2.28. The molecule has 1 aromatic heterocycles. The van der Waals surface area contributed by atoms with Crippen LogP contribution in [0.2, 0.25) is 0 Å². The molecule has 2 N–H and O–H groups in total. The van der Waals surface area contributed by atoms with Crippen LogP contribution in [-0.4, -0.2) is 33.8 Å². The van der Waals surface area contributed by atoms with Crippen LogP contribution >= 0.6 is 11.8 Å². The van der Waals surface area contributed by atoms with E-state index in [1.807, 2.05) is 24.3 Å². The van der Waals surface area contributed by atoms with Gasteiger partial charge in [-0.1, -0.05) is 36.3 Å². The van der Waals surface area contributed by atoms with Crippen LogP contribution < -0.4 is 10.6 Å². The molecular formula is C25H20FN3O2S. The van der Waals surface area contributed by atoms with Gasteiger partial charge < -0.3 is 10.6 Å². The molecule has 2 atom stereocenters. The molecule has 0 spiro atoms. The maximum Gasteiger partial charge on any atom is 0.247 e. The summed E-state index contributed by atoms with van der Waals surface area (Å²) >= 11 is 1.36. The van der Waals surface area contributed by atoms with Gasteiger partial charge in [-0.25, -0.2) is 9.37 Å². The van der Waals surface area contributed by atoms with Crippen LogP contribution in [0.5, 0.6) is 0 Å². The summed E-state index contributed by atoms with van der Waals surface area (Å²) in [4.78, 5) is 29.3. The first kappa shape index (κ1) is 21.6. The molecule has 0 aliphatic carbocycles. The molecule has 160 valence electrons. The standard InChI is InChI=1S/C25H20FN3O2S/c26-21-10-2-1-7-18(21)15-23-25(31)29-22(16-32-23)24(30)28-20-9-5-6-17(14-20)11-12-19-8-3-4-13-27-19/h1-10,13-14,22-23H,15-16H2,(H,28,30)(H,29,31)/t22-,23-/m1/s1. The number of aromatic nitrogens is 1. The minimum atomic E-state index is -0.660. The number of rotatable bonds is 4. The summed E-state index contributed by atoms with van der Waals surface area (Å²) in [5.74, 6) is 5.53. The van der Waals surface area contributed by atoms with Crippen molar-refractivity contribution in [3.8, 4) is 11.8 Å². The van der Waals surface area contributed by atoms with Gasteiger partial charge >= 0.3 is 0 Å². The Morgan fingerprint density at radius 3 is 2.75 bits per heavy atom. The fraction of sp³-hybridized carbons (Fsp3) is 0.160. The Bertz CT molecular complexity index is 1190. The van der Waals surface area contributed by atoms with Crippen LogP contribution in [0.1, 0.15) is 16.8 Å². The van der Waals surface area contributed by atoms with Crippen molar-refractivity contribution in [1.29, 1.82) is 0 Å². The van der Waals surface area contributed by atoms with Crippen LogP contribution in [0.15, 0.2) is 72.9 Å². The van der Waals surface area contributed by atoms with Crippen molar-refractivity contribution in [2.75, 3.05) is 11.1 Å². The van der Waals surface area contributed by atoms with E-state index in [9.17, 15) is 14.0 Å². The predicted octanol–water partition coefficient (Wildman–Crippen LogP) is 3.40. The second-order valence-corrected chi connectivity index (χ2v) is 8.45. The molecule has 5 nitrogen and oxygen atoms in total. The maximum absolute atomic E-state index is 13.9. The highest BCUT2D eigenvalue weighted by molar-refractivity contribution is 8.00. The van der Waals surface area contributed by atoms with Crippen LogP contribution in [-0.2, 0) is 16.0 Å². The first-order valence-electron chi connectivity index (χ1n) is 10.1. The zero-order chi connectivity index (χ0) is 22.3. The molecule has 3 aromatic rings. The summed E-state index contributed by atoms with van der Waals surface area (Å²) in [5.41, 5.74) is 2.48. The Hall–Kier alpha value is -3.63. The Morgan fingerprint density at radius 1 is 1.12 bits per heavy atom. The van der Waals surface area contributed by atoms with E-state index in [1.54, 1.807) is 42.6 Å². The second kappa shape index (κ2) is 10.1. The summed E-state index contributed by atoms with van der Waals surface area (Å²) in [6.45, 7) is 0. The number of carbonyl (C=O) groups is 2. The van der Waals surface area contributed by atoms with Gasteiger partial charge in [-0.2, -0.15) is 0 Å². The van der Waals surface area contributed by atoms with Gasteiger partial charge in [-0.05, 0) is 54.3 Å². The molecule has 1 aliphatic rings. The van der Waals surface area contributed by atoms with Crippen molar-refractivity contribution in [2.45, 2.75) is 17.7 Å². The van der Waals surface area contributed by atoms with E-state index in [-0.39, 0.29) is 24.1 Å². The van der Waals surface area contributed by atoms with Crippen LogP contribution in [0, 0.1) is 17.7 Å². The first-order valence-corrected chi connectivity index (χ1v) is 11.1. The smallest absolute Gasteiger partial charge is 0.247 e. The van der Waals surface area contributed by atoms with Gasteiger partial charge in [0.2, 0.25) is 11.8 Å². The fourth-order valence-corrected chi connectivity index (χ4v) is 4.40. The molecule has 0 saturated carbocycles. The zero-order valence-electron chi connectivity index (χ0n) is 17.0. The molecule has 1 saturated heterocycles. The van der Waals surface area contributed by atoms with Crippen molar-refractivity contribution in [2.24, 2.45) is 0 Å². The highest BCUT2D eigenvalue weighted by Crippen LogP contribution is 2.24. The molecule has 2 aromatic carbocycles. The summed E-state index contributed by atoms with van der Waals surface area (Å²) in [7, 11) is 0. The Balaban J connectivity index is 1.35. The Labute approximate surface area is 189 Å². The van der Waals surface area contributed by atoms with Crippen LogP contribution in [0.25, 0.3) is 0 Å². The molecule has 32 heavy (non-hydrogen) atoms. The van der Waals surface area contributed by atoms with Crippen molar-refractivity contribution >= 4 is 29.3 Å². The molecule has 0 radical (unpaired) electrons. The van der Waals surface area contributed by atoms with Gasteiger partial charge in [0.15, 0.2) is 0 Å². The summed E-state index contributed by atoms with van der Waals surface area (Å²) in [6, 6.07) is 18.5. The Morgan fingerprint density at radius 2 is 1.97 bits per heavy atom. The molecule has 2 heterocycles. The third kappa shape index (κ3) is 5.54. The van der Waals surface area contributed by atoms with Crippen molar-refractivity contribution < 1.29 is 14.0 Å².